The molecular weight excluding hydrogens is 294 g/mol. The van der Waals surface area contributed by atoms with E-state index in [9.17, 15) is 8.42 Å². The monoisotopic (exact) mass is 317 g/mol. The van der Waals surface area contributed by atoms with Gasteiger partial charge in [0.15, 0.2) is 9.84 Å². The predicted molar refractivity (Wildman–Crippen MR) is 81.2 cm³/mol. The van der Waals surface area contributed by atoms with Crippen molar-refractivity contribution in [3.8, 4) is 0 Å². The maximum absolute atomic E-state index is 12.1. The molecule has 0 fully saturated rings. The first-order chi connectivity index (χ1) is 9.97. The van der Waals surface area contributed by atoms with E-state index in [1.807, 2.05) is 6.92 Å². The van der Waals surface area contributed by atoms with Crippen LogP contribution in [0.5, 0.6) is 0 Å². The van der Waals surface area contributed by atoms with Gasteiger partial charge in [0.1, 0.15) is 0 Å². The molecule has 0 saturated carbocycles. The topological polar surface area (TPSA) is 87.9 Å². The summed E-state index contributed by atoms with van der Waals surface area (Å²) >= 11 is 0. The number of sulfone groups is 1. The lowest BCUT2D eigenvalue weighted by Gasteiger charge is -2.09. The van der Waals surface area contributed by atoms with Crippen molar-refractivity contribution < 1.29 is 22.6 Å². The zero-order valence-electron chi connectivity index (χ0n) is 12.5. The molecule has 0 aliphatic rings. The third-order valence-corrected chi connectivity index (χ3v) is 4.55. The molecule has 0 amide bonds. The van der Waals surface area contributed by atoms with Gasteiger partial charge in [-0.05, 0) is 24.6 Å². The Morgan fingerprint density at radius 3 is 2.29 bits per heavy atom. The van der Waals surface area contributed by atoms with Crippen molar-refractivity contribution in [1.29, 1.82) is 0 Å². The van der Waals surface area contributed by atoms with E-state index in [2.05, 4.69) is 0 Å². The number of methoxy groups -OCH3 is 1. The Morgan fingerprint density at radius 1 is 1.05 bits per heavy atom. The van der Waals surface area contributed by atoms with Crippen LogP contribution in [-0.2, 0) is 24.0 Å². The first-order valence-corrected chi connectivity index (χ1v) is 8.36. The molecule has 0 aliphatic carbocycles. The Kier molecular flexibility index (Phi) is 7.66. The van der Waals surface area contributed by atoms with Gasteiger partial charge in [0.2, 0.25) is 0 Å². The highest BCUT2D eigenvalue weighted by Crippen LogP contribution is 2.20. The lowest BCUT2D eigenvalue weighted by Crippen LogP contribution is -2.16. The third kappa shape index (κ3) is 6.43. The van der Waals surface area contributed by atoms with Crippen molar-refractivity contribution in [3.05, 3.63) is 23.8 Å². The molecule has 2 N–H and O–H groups in total. The van der Waals surface area contributed by atoms with E-state index in [4.69, 9.17) is 19.9 Å². The second kappa shape index (κ2) is 8.99. The van der Waals surface area contributed by atoms with Gasteiger partial charge in [0, 0.05) is 7.11 Å². The van der Waals surface area contributed by atoms with Gasteiger partial charge in [-0.3, -0.25) is 0 Å². The van der Waals surface area contributed by atoms with Gasteiger partial charge in [0.25, 0.3) is 0 Å². The molecular formula is C14H23NO5S. The lowest BCUT2D eigenvalue weighted by atomic mass is 10.2. The maximum Gasteiger partial charge on any atom is 0.182 e. The number of nitrogens with two attached hydrogens (primary N) is 1. The molecule has 0 heterocycles. The summed E-state index contributed by atoms with van der Waals surface area (Å²) in [6, 6.07) is 4.92. The van der Waals surface area contributed by atoms with Gasteiger partial charge in [-0.2, -0.15) is 0 Å². The molecule has 0 radical (unpaired) electrons. The smallest absolute Gasteiger partial charge is 0.182 e. The van der Waals surface area contributed by atoms with Crippen molar-refractivity contribution in [2.75, 3.05) is 51.6 Å². The number of hydrogen-bond acceptors (Lipinski definition) is 6. The summed E-state index contributed by atoms with van der Waals surface area (Å²) in [5, 5.41) is 0. The van der Waals surface area contributed by atoms with E-state index < -0.39 is 9.84 Å². The molecule has 120 valence electrons. The van der Waals surface area contributed by atoms with E-state index in [0.29, 0.717) is 26.4 Å². The van der Waals surface area contributed by atoms with E-state index in [-0.39, 0.29) is 22.9 Å². The van der Waals surface area contributed by atoms with Crippen LogP contribution in [-0.4, -0.2) is 54.3 Å². The number of anilines is 1. The SMILES string of the molecule is COCCOCCOCCS(=O)(=O)c1ccc(C)cc1N. The van der Waals surface area contributed by atoms with Crippen molar-refractivity contribution >= 4 is 15.5 Å². The van der Waals surface area contributed by atoms with Crippen molar-refractivity contribution in [3.63, 3.8) is 0 Å². The van der Waals surface area contributed by atoms with Gasteiger partial charge in [-0.1, -0.05) is 6.07 Å². The van der Waals surface area contributed by atoms with Gasteiger partial charge < -0.3 is 19.9 Å². The molecule has 6 nitrogen and oxygen atoms in total. The largest absolute Gasteiger partial charge is 0.398 e. The summed E-state index contributed by atoms with van der Waals surface area (Å²) in [7, 11) is -1.82. The fourth-order valence-corrected chi connectivity index (χ4v) is 2.94. The van der Waals surface area contributed by atoms with Crippen LogP contribution in [0.1, 0.15) is 5.56 Å². The summed E-state index contributed by atoms with van der Waals surface area (Å²) in [5.41, 5.74) is 6.96. The van der Waals surface area contributed by atoms with Crippen LogP contribution in [0, 0.1) is 6.92 Å². The number of hydrogen-bond donors (Lipinski definition) is 1. The summed E-state index contributed by atoms with van der Waals surface area (Å²) < 4.78 is 39.5. The molecule has 1 aromatic carbocycles. The first-order valence-electron chi connectivity index (χ1n) is 6.70. The Balaban J connectivity index is 2.33. The van der Waals surface area contributed by atoms with Gasteiger partial charge in [-0.15, -0.1) is 0 Å². The fraction of sp³-hybridized carbons (Fsp3) is 0.571. The highest BCUT2D eigenvalue weighted by atomic mass is 32.2. The number of nitrogen functional groups attached to an aromatic ring is 1. The third-order valence-electron chi connectivity index (χ3n) is 2.80. The Bertz CT molecular complexity index is 530. The van der Waals surface area contributed by atoms with Gasteiger partial charge >= 0.3 is 0 Å². The maximum atomic E-state index is 12.1. The Hall–Kier alpha value is -1.15. The summed E-state index contributed by atoms with van der Waals surface area (Å²) in [4.78, 5) is 0.160. The Morgan fingerprint density at radius 2 is 1.67 bits per heavy atom. The van der Waals surface area contributed by atoms with Crippen LogP contribution in [0.15, 0.2) is 23.1 Å². The van der Waals surface area contributed by atoms with Crippen molar-refractivity contribution in [2.45, 2.75) is 11.8 Å². The molecule has 0 atom stereocenters. The second-order valence-electron chi connectivity index (χ2n) is 4.58. The zero-order chi connectivity index (χ0) is 15.7. The average Bonchev–Trinajstić information content (AvgIpc) is 2.41. The quantitative estimate of drug-likeness (QED) is 0.512. The minimum Gasteiger partial charge on any atom is -0.398 e. The summed E-state index contributed by atoms with van der Waals surface area (Å²) in [5.74, 6) is -0.0989. The molecule has 0 bridgehead atoms. The minimum absolute atomic E-state index is 0.0989. The fourth-order valence-electron chi connectivity index (χ4n) is 1.69. The van der Waals surface area contributed by atoms with Gasteiger partial charge in [-0.25, -0.2) is 8.42 Å². The molecule has 1 aromatic rings. The van der Waals surface area contributed by atoms with Crippen LogP contribution in [0.2, 0.25) is 0 Å². The number of rotatable bonds is 10. The van der Waals surface area contributed by atoms with Crippen LogP contribution in [0.25, 0.3) is 0 Å². The highest BCUT2D eigenvalue weighted by Gasteiger charge is 2.17. The lowest BCUT2D eigenvalue weighted by molar-refractivity contribution is 0.0284. The zero-order valence-corrected chi connectivity index (χ0v) is 13.3. The molecule has 1 rings (SSSR count). The number of aryl methyl sites for hydroxylation is 1. The standard InChI is InChI=1S/C14H23NO5S/c1-12-3-4-14(13(15)11-12)21(16,17)10-9-20-8-7-19-6-5-18-2/h3-4,11H,5-10,15H2,1-2H3. The van der Waals surface area contributed by atoms with Crippen LogP contribution in [0.3, 0.4) is 0 Å². The van der Waals surface area contributed by atoms with E-state index >= 15 is 0 Å². The second-order valence-corrected chi connectivity index (χ2v) is 6.66. The van der Waals surface area contributed by atoms with Crippen molar-refractivity contribution in [1.82, 2.24) is 0 Å². The molecule has 0 saturated heterocycles. The molecule has 7 heteroatoms. The normalized spacial score (nSPS) is 11.7. The van der Waals surface area contributed by atoms with E-state index in [1.54, 1.807) is 19.2 Å². The number of benzene rings is 1. The van der Waals surface area contributed by atoms with E-state index in [0.717, 1.165) is 5.56 Å². The Labute approximate surface area is 126 Å². The predicted octanol–water partition coefficient (Wildman–Crippen LogP) is 1.03. The average molecular weight is 317 g/mol. The van der Waals surface area contributed by atoms with Crippen LogP contribution in [0.4, 0.5) is 5.69 Å². The van der Waals surface area contributed by atoms with Crippen LogP contribution >= 0.6 is 0 Å². The van der Waals surface area contributed by atoms with E-state index in [1.165, 1.54) is 6.07 Å². The summed E-state index contributed by atoms with van der Waals surface area (Å²) in [6.45, 7) is 3.76. The molecule has 0 aliphatic heterocycles. The summed E-state index contributed by atoms with van der Waals surface area (Å²) in [6.07, 6.45) is 0. The number of ether oxygens (including phenoxy) is 3. The molecule has 0 spiro atoms. The first kappa shape index (κ1) is 17.9. The van der Waals surface area contributed by atoms with Gasteiger partial charge in [0.05, 0.1) is 49.4 Å². The highest BCUT2D eigenvalue weighted by molar-refractivity contribution is 7.91. The molecule has 21 heavy (non-hydrogen) atoms. The van der Waals surface area contributed by atoms with Crippen molar-refractivity contribution in [2.24, 2.45) is 0 Å². The molecule has 0 unspecified atom stereocenters. The minimum atomic E-state index is -3.42. The van der Waals surface area contributed by atoms with Crippen LogP contribution < -0.4 is 5.73 Å². The molecule has 0 aromatic heterocycles.